The van der Waals surface area contributed by atoms with E-state index in [-0.39, 0.29) is 17.5 Å². The maximum atomic E-state index is 13.2. The molecular weight excluding hydrogens is 344 g/mol. The Kier molecular flexibility index (Phi) is 4.59. The molecule has 25 heavy (non-hydrogen) atoms. The lowest BCUT2D eigenvalue weighted by molar-refractivity contribution is 0.116. The summed E-state index contributed by atoms with van der Waals surface area (Å²) in [5, 5.41) is 6.67. The zero-order chi connectivity index (χ0) is 18.0. The van der Waals surface area contributed by atoms with Crippen LogP contribution in [0.15, 0.2) is 35.0 Å². The number of halogens is 4. The minimum Gasteiger partial charge on any atom is -0.456 e. The summed E-state index contributed by atoms with van der Waals surface area (Å²) < 4.78 is 61.2. The Morgan fingerprint density at radius 1 is 1.04 bits per heavy atom. The summed E-state index contributed by atoms with van der Waals surface area (Å²) in [6.45, 7) is 1.61. The molecule has 1 unspecified atom stereocenters. The standard InChI is InChI=1S/C15H10F4N4O2/c1-7(8-2-3-10(16)11(17)4-8)24-15-20-5-9(6-21-15)13-22-23-14(25-13)12(18)19/h2-7,12H,1H3. The highest BCUT2D eigenvalue weighted by atomic mass is 19.3. The average Bonchev–Trinajstić information content (AvgIpc) is 3.08. The number of hydrogen-bond donors (Lipinski definition) is 0. The van der Waals surface area contributed by atoms with E-state index in [0.29, 0.717) is 5.56 Å². The summed E-state index contributed by atoms with van der Waals surface area (Å²) in [5.74, 6) is -2.91. The third kappa shape index (κ3) is 3.73. The van der Waals surface area contributed by atoms with Gasteiger partial charge in [-0.25, -0.2) is 18.7 Å². The normalized spacial score (nSPS) is 12.4. The number of nitrogens with zero attached hydrogens (tertiary/aromatic N) is 4. The maximum Gasteiger partial charge on any atom is 0.316 e. The minimum absolute atomic E-state index is 0.0467. The fourth-order valence-electron chi connectivity index (χ4n) is 1.92. The van der Waals surface area contributed by atoms with Gasteiger partial charge in [0, 0.05) is 12.4 Å². The lowest BCUT2D eigenvalue weighted by Crippen LogP contribution is -2.06. The highest BCUT2D eigenvalue weighted by Crippen LogP contribution is 2.24. The molecule has 0 N–H and O–H groups in total. The largest absolute Gasteiger partial charge is 0.456 e. The molecule has 0 amide bonds. The first kappa shape index (κ1) is 16.8. The van der Waals surface area contributed by atoms with Gasteiger partial charge in [0.1, 0.15) is 6.10 Å². The molecule has 1 atom stereocenters. The van der Waals surface area contributed by atoms with Gasteiger partial charge in [0.25, 0.3) is 11.8 Å². The van der Waals surface area contributed by atoms with Gasteiger partial charge >= 0.3 is 12.4 Å². The zero-order valence-electron chi connectivity index (χ0n) is 12.7. The Labute approximate surface area is 138 Å². The Hall–Kier alpha value is -3.04. The Morgan fingerprint density at radius 2 is 1.76 bits per heavy atom. The summed E-state index contributed by atoms with van der Waals surface area (Å²) >= 11 is 0. The molecule has 0 saturated carbocycles. The van der Waals surface area contributed by atoms with E-state index in [1.54, 1.807) is 6.92 Å². The number of alkyl halides is 2. The number of rotatable bonds is 5. The number of hydrogen-bond acceptors (Lipinski definition) is 6. The highest BCUT2D eigenvalue weighted by Gasteiger charge is 2.18. The van der Waals surface area contributed by atoms with Gasteiger partial charge in [0.2, 0.25) is 0 Å². The predicted molar refractivity (Wildman–Crippen MR) is 75.7 cm³/mol. The monoisotopic (exact) mass is 354 g/mol. The first-order chi connectivity index (χ1) is 11.9. The molecular formula is C15H10F4N4O2. The van der Waals surface area contributed by atoms with Crippen LogP contribution in [0.5, 0.6) is 6.01 Å². The minimum atomic E-state index is -2.87. The van der Waals surface area contributed by atoms with E-state index in [1.165, 1.54) is 18.5 Å². The summed E-state index contributed by atoms with van der Waals surface area (Å²) in [7, 11) is 0. The molecule has 2 aromatic heterocycles. The lowest BCUT2D eigenvalue weighted by Gasteiger charge is -2.13. The molecule has 0 aliphatic carbocycles. The fraction of sp³-hybridized carbons (Fsp3) is 0.200. The van der Waals surface area contributed by atoms with Crippen LogP contribution in [0.4, 0.5) is 17.6 Å². The molecule has 0 radical (unpaired) electrons. The molecule has 3 aromatic rings. The average molecular weight is 354 g/mol. The summed E-state index contributed by atoms with van der Waals surface area (Å²) in [4.78, 5) is 7.80. The molecule has 0 bridgehead atoms. The first-order valence-electron chi connectivity index (χ1n) is 6.99. The van der Waals surface area contributed by atoms with E-state index < -0.39 is 30.1 Å². The summed E-state index contributed by atoms with van der Waals surface area (Å²) in [5.41, 5.74) is 0.622. The van der Waals surface area contributed by atoms with Crippen LogP contribution in [0.2, 0.25) is 0 Å². The van der Waals surface area contributed by atoms with Crippen molar-refractivity contribution in [2.45, 2.75) is 19.5 Å². The van der Waals surface area contributed by atoms with Crippen molar-refractivity contribution in [1.29, 1.82) is 0 Å². The van der Waals surface area contributed by atoms with Crippen LogP contribution in [0, 0.1) is 11.6 Å². The van der Waals surface area contributed by atoms with Crippen molar-refractivity contribution in [2.75, 3.05) is 0 Å². The highest BCUT2D eigenvalue weighted by molar-refractivity contribution is 5.49. The molecule has 3 rings (SSSR count). The quantitative estimate of drug-likeness (QED) is 0.648. The van der Waals surface area contributed by atoms with Crippen LogP contribution in [0.1, 0.15) is 30.9 Å². The van der Waals surface area contributed by atoms with Gasteiger partial charge in [0.05, 0.1) is 5.56 Å². The molecule has 0 saturated heterocycles. The van der Waals surface area contributed by atoms with E-state index in [9.17, 15) is 17.6 Å². The molecule has 1 aromatic carbocycles. The topological polar surface area (TPSA) is 73.9 Å². The van der Waals surface area contributed by atoms with Crippen LogP contribution in [0.3, 0.4) is 0 Å². The molecule has 0 aliphatic heterocycles. The first-order valence-corrected chi connectivity index (χ1v) is 6.99. The van der Waals surface area contributed by atoms with Gasteiger partial charge in [-0.05, 0) is 24.6 Å². The van der Waals surface area contributed by atoms with Crippen molar-refractivity contribution in [1.82, 2.24) is 20.2 Å². The van der Waals surface area contributed by atoms with E-state index in [2.05, 4.69) is 20.2 Å². The van der Waals surface area contributed by atoms with Crippen LogP contribution in [-0.4, -0.2) is 20.2 Å². The molecule has 130 valence electrons. The van der Waals surface area contributed by atoms with E-state index in [0.717, 1.165) is 12.1 Å². The van der Waals surface area contributed by atoms with Crippen LogP contribution < -0.4 is 4.74 Å². The fourth-order valence-corrected chi connectivity index (χ4v) is 1.92. The van der Waals surface area contributed by atoms with Crippen LogP contribution in [0.25, 0.3) is 11.5 Å². The summed E-state index contributed by atoms with van der Waals surface area (Å²) in [6.07, 6.45) is -1.01. The Balaban J connectivity index is 1.72. The Morgan fingerprint density at radius 3 is 2.36 bits per heavy atom. The molecule has 10 heteroatoms. The van der Waals surface area contributed by atoms with Crippen LogP contribution in [-0.2, 0) is 0 Å². The molecule has 0 fully saturated rings. The van der Waals surface area contributed by atoms with Crippen molar-refractivity contribution >= 4 is 0 Å². The third-order valence-corrected chi connectivity index (χ3v) is 3.20. The van der Waals surface area contributed by atoms with Crippen molar-refractivity contribution in [3.05, 3.63) is 53.7 Å². The van der Waals surface area contributed by atoms with Gasteiger partial charge in [0.15, 0.2) is 11.6 Å². The number of ether oxygens (including phenoxy) is 1. The van der Waals surface area contributed by atoms with Crippen LogP contribution >= 0.6 is 0 Å². The van der Waals surface area contributed by atoms with E-state index in [4.69, 9.17) is 9.15 Å². The molecule has 2 heterocycles. The number of benzene rings is 1. The van der Waals surface area contributed by atoms with Gasteiger partial charge < -0.3 is 9.15 Å². The summed E-state index contributed by atoms with van der Waals surface area (Å²) in [6, 6.07) is 3.33. The smallest absolute Gasteiger partial charge is 0.316 e. The predicted octanol–water partition coefficient (Wildman–Crippen LogP) is 3.88. The van der Waals surface area contributed by atoms with Gasteiger partial charge in [-0.2, -0.15) is 8.78 Å². The van der Waals surface area contributed by atoms with Gasteiger partial charge in [-0.1, -0.05) is 6.07 Å². The SMILES string of the molecule is CC(Oc1ncc(-c2nnc(C(F)F)o2)cn1)c1ccc(F)c(F)c1. The molecule has 6 nitrogen and oxygen atoms in total. The van der Waals surface area contributed by atoms with Crippen molar-refractivity contribution in [2.24, 2.45) is 0 Å². The van der Waals surface area contributed by atoms with Gasteiger partial charge in [-0.3, -0.25) is 0 Å². The zero-order valence-corrected chi connectivity index (χ0v) is 12.7. The van der Waals surface area contributed by atoms with Crippen molar-refractivity contribution < 1.29 is 26.7 Å². The Bertz CT molecular complexity index is 870. The maximum absolute atomic E-state index is 13.2. The second kappa shape index (κ2) is 6.83. The molecule has 0 spiro atoms. The second-order valence-electron chi connectivity index (χ2n) is 4.93. The second-order valence-corrected chi connectivity index (χ2v) is 4.93. The van der Waals surface area contributed by atoms with Crippen molar-refractivity contribution in [3.63, 3.8) is 0 Å². The van der Waals surface area contributed by atoms with E-state index >= 15 is 0 Å². The lowest BCUT2D eigenvalue weighted by atomic mass is 10.1. The third-order valence-electron chi connectivity index (χ3n) is 3.20. The molecule has 0 aliphatic rings. The van der Waals surface area contributed by atoms with Crippen molar-refractivity contribution in [3.8, 4) is 17.5 Å². The van der Waals surface area contributed by atoms with Gasteiger partial charge in [-0.15, -0.1) is 10.2 Å². The number of aromatic nitrogens is 4. The van der Waals surface area contributed by atoms with E-state index in [1.807, 2.05) is 0 Å².